The molecule has 4 nitrogen and oxygen atoms in total. The van der Waals surface area contributed by atoms with Crippen LogP contribution >= 0.6 is 11.3 Å². The molecule has 1 aromatic heterocycles. The fourth-order valence-corrected chi connectivity index (χ4v) is 2.93. The zero-order valence-electron chi connectivity index (χ0n) is 11.5. The van der Waals surface area contributed by atoms with E-state index in [1.807, 2.05) is 20.8 Å². The number of rotatable bonds is 3. The van der Waals surface area contributed by atoms with E-state index in [-0.39, 0.29) is 11.6 Å². The summed E-state index contributed by atoms with van der Waals surface area (Å²) in [6.45, 7) is 5.66. The van der Waals surface area contributed by atoms with Gasteiger partial charge in [-0.2, -0.15) is 0 Å². The Bertz CT molecular complexity index is 654. The van der Waals surface area contributed by atoms with E-state index in [0.29, 0.717) is 5.69 Å². The quantitative estimate of drug-likeness (QED) is 0.855. The van der Waals surface area contributed by atoms with Gasteiger partial charge in [-0.3, -0.25) is 4.79 Å². The number of hydrogen-bond acceptors (Lipinski definition) is 4. The van der Waals surface area contributed by atoms with Gasteiger partial charge in [0.1, 0.15) is 5.82 Å². The highest BCUT2D eigenvalue weighted by molar-refractivity contribution is 7.11. The van der Waals surface area contributed by atoms with Gasteiger partial charge in [-0.15, -0.1) is 11.3 Å². The molecule has 0 bridgehead atoms. The lowest BCUT2D eigenvalue weighted by molar-refractivity contribution is 0.0936. The Kier molecular flexibility index (Phi) is 4.04. The number of nitrogens with one attached hydrogen (secondary N) is 1. The monoisotopic (exact) mass is 293 g/mol. The van der Waals surface area contributed by atoms with Gasteiger partial charge < -0.3 is 11.1 Å². The van der Waals surface area contributed by atoms with Gasteiger partial charge in [0.05, 0.1) is 22.3 Å². The summed E-state index contributed by atoms with van der Waals surface area (Å²) in [6, 6.07) is 3.81. The molecule has 0 saturated carbocycles. The van der Waals surface area contributed by atoms with Crippen molar-refractivity contribution < 1.29 is 9.18 Å². The number of carbonyl (C=O) groups is 1. The van der Waals surface area contributed by atoms with E-state index in [1.165, 1.54) is 23.5 Å². The molecule has 0 radical (unpaired) electrons. The average Bonchev–Trinajstić information content (AvgIpc) is 2.68. The number of aromatic nitrogens is 1. The van der Waals surface area contributed by atoms with Gasteiger partial charge in [0.15, 0.2) is 0 Å². The van der Waals surface area contributed by atoms with Crippen molar-refractivity contribution in [3.8, 4) is 0 Å². The number of benzene rings is 1. The lowest BCUT2D eigenvalue weighted by Crippen LogP contribution is -2.27. The van der Waals surface area contributed by atoms with Crippen LogP contribution in [0.1, 0.15) is 38.9 Å². The number of nitrogens with zero attached hydrogens (tertiary/aromatic N) is 1. The highest BCUT2D eigenvalue weighted by Crippen LogP contribution is 2.25. The largest absolute Gasteiger partial charge is 0.399 e. The zero-order valence-corrected chi connectivity index (χ0v) is 12.3. The van der Waals surface area contributed by atoms with E-state index >= 15 is 0 Å². The standard InChI is InChI=1S/C14H16FN3OS/c1-7-13(20-9(3)17-7)8(2)18-14(19)11-5-4-10(16)6-12(11)15/h4-6,8H,16H2,1-3H3,(H,18,19). The minimum absolute atomic E-state index is 0.00931. The number of aryl methyl sites for hydroxylation is 2. The lowest BCUT2D eigenvalue weighted by atomic mass is 10.1. The van der Waals surface area contributed by atoms with Crippen molar-refractivity contribution in [2.75, 3.05) is 5.73 Å². The first-order valence-electron chi connectivity index (χ1n) is 6.18. The number of nitrogen functional groups attached to an aromatic ring is 1. The molecule has 1 amide bonds. The van der Waals surface area contributed by atoms with E-state index < -0.39 is 11.7 Å². The number of carbonyl (C=O) groups excluding carboxylic acids is 1. The molecule has 2 aromatic rings. The Morgan fingerprint density at radius 2 is 2.15 bits per heavy atom. The second kappa shape index (κ2) is 5.58. The van der Waals surface area contributed by atoms with Gasteiger partial charge in [-0.25, -0.2) is 9.37 Å². The van der Waals surface area contributed by atoms with Crippen molar-refractivity contribution in [2.45, 2.75) is 26.8 Å². The first-order valence-corrected chi connectivity index (χ1v) is 7.00. The Balaban J connectivity index is 2.17. The third-order valence-corrected chi connectivity index (χ3v) is 4.17. The van der Waals surface area contributed by atoms with Crippen LogP contribution in [0.2, 0.25) is 0 Å². The van der Waals surface area contributed by atoms with E-state index in [2.05, 4.69) is 10.3 Å². The number of amides is 1. The van der Waals surface area contributed by atoms with Crippen molar-refractivity contribution >= 4 is 22.9 Å². The normalized spacial score (nSPS) is 12.2. The molecular weight excluding hydrogens is 277 g/mol. The van der Waals surface area contributed by atoms with Gasteiger partial charge >= 0.3 is 0 Å². The average molecular weight is 293 g/mol. The Hall–Kier alpha value is -1.95. The predicted molar refractivity (Wildman–Crippen MR) is 78.3 cm³/mol. The van der Waals surface area contributed by atoms with Crippen LogP contribution in [-0.4, -0.2) is 10.9 Å². The van der Waals surface area contributed by atoms with Gasteiger partial charge in [0, 0.05) is 10.6 Å². The summed E-state index contributed by atoms with van der Waals surface area (Å²) in [4.78, 5) is 17.4. The van der Waals surface area contributed by atoms with E-state index in [4.69, 9.17) is 5.73 Å². The third-order valence-electron chi connectivity index (χ3n) is 2.92. The van der Waals surface area contributed by atoms with Crippen LogP contribution in [0.4, 0.5) is 10.1 Å². The topological polar surface area (TPSA) is 68.0 Å². The van der Waals surface area contributed by atoms with Crippen molar-refractivity contribution in [2.24, 2.45) is 0 Å². The minimum Gasteiger partial charge on any atom is -0.399 e. The summed E-state index contributed by atoms with van der Waals surface area (Å²) in [7, 11) is 0. The fraction of sp³-hybridized carbons (Fsp3) is 0.286. The molecule has 6 heteroatoms. The number of anilines is 1. The number of nitrogens with two attached hydrogens (primary N) is 1. The molecule has 1 unspecified atom stereocenters. The molecule has 0 aliphatic rings. The Morgan fingerprint density at radius 3 is 2.70 bits per heavy atom. The lowest BCUT2D eigenvalue weighted by Gasteiger charge is -2.13. The minimum atomic E-state index is -0.619. The molecule has 1 atom stereocenters. The molecule has 0 fully saturated rings. The second-order valence-electron chi connectivity index (χ2n) is 4.62. The van der Waals surface area contributed by atoms with Crippen molar-refractivity contribution in [3.63, 3.8) is 0 Å². The molecule has 0 aliphatic carbocycles. The van der Waals surface area contributed by atoms with E-state index in [9.17, 15) is 9.18 Å². The first-order chi connectivity index (χ1) is 9.38. The zero-order chi connectivity index (χ0) is 14.9. The van der Waals surface area contributed by atoms with Gasteiger partial charge in [-0.05, 0) is 39.0 Å². The molecule has 3 N–H and O–H groups in total. The third kappa shape index (κ3) is 2.96. The summed E-state index contributed by atoms with van der Waals surface area (Å²) in [5, 5.41) is 3.72. The van der Waals surface area contributed by atoms with Crippen molar-refractivity contribution in [3.05, 3.63) is 45.2 Å². The van der Waals surface area contributed by atoms with Crippen LogP contribution < -0.4 is 11.1 Å². The number of thiazole rings is 1. The highest BCUT2D eigenvalue weighted by Gasteiger charge is 2.18. The van der Waals surface area contributed by atoms with Crippen molar-refractivity contribution in [1.29, 1.82) is 0 Å². The molecule has 0 saturated heterocycles. The Labute approximate surface area is 120 Å². The maximum Gasteiger partial charge on any atom is 0.254 e. The van der Waals surface area contributed by atoms with Crippen molar-refractivity contribution in [1.82, 2.24) is 10.3 Å². The predicted octanol–water partition coefficient (Wildman–Crippen LogP) is 2.97. The van der Waals surface area contributed by atoms with Crippen LogP contribution in [0.15, 0.2) is 18.2 Å². The SMILES string of the molecule is Cc1nc(C)c(C(C)NC(=O)c2ccc(N)cc2F)s1. The van der Waals surface area contributed by atoms with Crippen LogP contribution in [0.3, 0.4) is 0 Å². The molecule has 0 spiro atoms. The van der Waals surface area contributed by atoms with Crippen LogP contribution in [-0.2, 0) is 0 Å². The second-order valence-corrected chi connectivity index (χ2v) is 5.85. The maximum absolute atomic E-state index is 13.7. The molecule has 20 heavy (non-hydrogen) atoms. The van der Waals surface area contributed by atoms with Gasteiger partial charge in [0.2, 0.25) is 0 Å². The van der Waals surface area contributed by atoms with E-state index in [0.717, 1.165) is 21.6 Å². The summed E-state index contributed by atoms with van der Waals surface area (Å²) in [5.74, 6) is -1.08. The van der Waals surface area contributed by atoms with Gasteiger partial charge in [-0.1, -0.05) is 0 Å². The molecule has 2 rings (SSSR count). The molecular formula is C14H16FN3OS. The van der Waals surface area contributed by atoms with Gasteiger partial charge in [0.25, 0.3) is 5.91 Å². The summed E-state index contributed by atoms with van der Waals surface area (Å²) < 4.78 is 13.7. The maximum atomic E-state index is 13.7. The molecule has 1 heterocycles. The Morgan fingerprint density at radius 1 is 1.45 bits per heavy atom. The van der Waals surface area contributed by atoms with Crippen LogP contribution in [0.25, 0.3) is 0 Å². The summed E-state index contributed by atoms with van der Waals surface area (Å²) in [5.41, 5.74) is 6.63. The van der Waals surface area contributed by atoms with Crippen LogP contribution in [0.5, 0.6) is 0 Å². The summed E-state index contributed by atoms with van der Waals surface area (Å²) in [6.07, 6.45) is 0. The summed E-state index contributed by atoms with van der Waals surface area (Å²) >= 11 is 1.53. The molecule has 106 valence electrons. The van der Waals surface area contributed by atoms with E-state index in [1.54, 1.807) is 0 Å². The first kappa shape index (κ1) is 14.5. The van der Waals surface area contributed by atoms with Crippen LogP contribution in [0, 0.1) is 19.7 Å². The number of hydrogen-bond donors (Lipinski definition) is 2. The number of halogens is 1. The fourth-order valence-electron chi connectivity index (χ4n) is 2.00. The smallest absolute Gasteiger partial charge is 0.254 e. The highest BCUT2D eigenvalue weighted by atomic mass is 32.1. The molecule has 0 aliphatic heterocycles. The molecule has 1 aromatic carbocycles.